The molecule has 188 valence electrons. The van der Waals surface area contributed by atoms with E-state index >= 15 is 0 Å². The highest BCUT2D eigenvalue weighted by molar-refractivity contribution is 7.90. The molecule has 36 heavy (non-hydrogen) atoms. The first kappa shape index (κ1) is 25.5. The molecule has 1 saturated heterocycles. The zero-order valence-electron chi connectivity index (χ0n) is 20.0. The van der Waals surface area contributed by atoms with E-state index in [0.29, 0.717) is 31.3 Å². The van der Waals surface area contributed by atoms with Crippen LogP contribution in [-0.4, -0.2) is 42.8 Å². The number of allylic oxidation sites excluding steroid dienone is 3. The first-order chi connectivity index (χ1) is 17.3. The Bertz CT molecular complexity index is 1310. The first-order valence-electron chi connectivity index (χ1n) is 12.1. The van der Waals surface area contributed by atoms with E-state index in [4.69, 9.17) is 0 Å². The fourth-order valence-corrected chi connectivity index (χ4v) is 5.95. The molecular weight excluding hydrogens is 478 g/mol. The van der Waals surface area contributed by atoms with Gasteiger partial charge in [-0.2, -0.15) is 12.8 Å². The highest BCUT2D eigenvalue weighted by Crippen LogP contribution is 2.35. The minimum absolute atomic E-state index is 0.106. The molecule has 0 aromatic heterocycles. The number of rotatable bonds is 9. The Morgan fingerprint density at radius 3 is 2.33 bits per heavy atom. The van der Waals surface area contributed by atoms with E-state index in [1.54, 1.807) is 6.08 Å². The maximum Gasteiger partial charge on any atom is 0.282 e. The number of carbonyl (C=O) groups excluding carboxylic acids is 1. The van der Waals surface area contributed by atoms with E-state index in [1.807, 2.05) is 30.3 Å². The number of benzene rings is 2. The van der Waals surface area contributed by atoms with Gasteiger partial charge >= 0.3 is 0 Å². The largest absolute Gasteiger partial charge is 0.374 e. The van der Waals surface area contributed by atoms with E-state index in [2.05, 4.69) is 15.9 Å². The van der Waals surface area contributed by atoms with Crippen molar-refractivity contribution in [3.05, 3.63) is 94.2 Å². The average Bonchev–Trinajstić information content (AvgIpc) is 3.42. The van der Waals surface area contributed by atoms with Crippen molar-refractivity contribution in [2.45, 2.75) is 49.3 Å². The third-order valence-electron chi connectivity index (χ3n) is 6.63. The molecule has 2 aromatic rings. The number of nitro groups is 1. The van der Waals surface area contributed by atoms with Gasteiger partial charge in [0.05, 0.1) is 21.1 Å². The molecule has 0 spiro atoms. The fraction of sp³-hybridized carbons (Fsp3) is 0.333. The molecule has 0 amide bonds. The summed E-state index contributed by atoms with van der Waals surface area (Å²) in [6, 6.07) is 14.0. The lowest BCUT2D eigenvalue weighted by molar-refractivity contribution is -0.384. The van der Waals surface area contributed by atoms with Crippen LogP contribution in [0.1, 0.15) is 50.0 Å². The molecule has 1 fully saturated rings. The second-order valence-electron chi connectivity index (χ2n) is 8.98. The number of likely N-dealkylation sites (tertiary alicyclic amines) is 1. The SMILES string of the molecule is C=CCC(/C(=N\S(=O)(=O)c1ccc([N+](=O)[O-])cc1)C1=C(N2CCCC2)CCCC1=O)c1ccccc1. The molecule has 0 N–H and O–H groups in total. The highest BCUT2D eigenvalue weighted by Gasteiger charge is 2.34. The lowest BCUT2D eigenvalue weighted by Gasteiger charge is -2.31. The summed E-state index contributed by atoms with van der Waals surface area (Å²) in [4.78, 5) is 25.9. The van der Waals surface area contributed by atoms with Crippen molar-refractivity contribution < 1.29 is 18.1 Å². The molecule has 1 atom stereocenters. The standard InChI is InChI=1S/C27H29N3O5S/c1-2-9-23(20-10-4-3-5-11-20)27(26-24(12-8-13-25(26)31)29-18-6-7-19-29)28-36(34,35)22-16-14-21(15-17-22)30(32)33/h2-5,10-11,14-17,23H,1,6-9,12-13,18-19H2/b28-27+. The number of ketones is 1. The summed E-state index contributed by atoms with van der Waals surface area (Å²) in [6.07, 6.45) is 5.87. The quantitative estimate of drug-likeness (QED) is 0.200. The molecule has 1 aliphatic heterocycles. The molecule has 0 saturated carbocycles. The van der Waals surface area contributed by atoms with Gasteiger partial charge in [0, 0.05) is 43.3 Å². The molecule has 1 heterocycles. The Morgan fingerprint density at radius 1 is 1.06 bits per heavy atom. The van der Waals surface area contributed by atoms with Crippen LogP contribution in [0.5, 0.6) is 0 Å². The number of carbonyl (C=O) groups is 1. The minimum Gasteiger partial charge on any atom is -0.374 e. The molecule has 8 nitrogen and oxygen atoms in total. The number of non-ortho nitro benzene ring substituents is 1. The normalized spacial score (nSPS) is 17.8. The van der Waals surface area contributed by atoms with Gasteiger partial charge in [-0.25, -0.2) is 0 Å². The van der Waals surface area contributed by atoms with Crippen molar-refractivity contribution >= 4 is 27.2 Å². The van der Waals surface area contributed by atoms with Crippen LogP contribution < -0.4 is 0 Å². The van der Waals surface area contributed by atoms with Gasteiger partial charge in [-0.05, 0) is 49.8 Å². The molecule has 0 bridgehead atoms. The van der Waals surface area contributed by atoms with Gasteiger partial charge in [0.15, 0.2) is 5.78 Å². The van der Waals surface area contributed by atoms with Gasteiger partial charge in [0.2, 0.25) is 0 Å². The van der Waals surface area contributed by atoms with Crippen molar-refractivity contribution in [2.24, 2.45) is 4.40 Å². The van der Waals surface area contributed by atoms with E-state index in [1.165, 1.54) is 12.1 Å². The Balaban J connectivity index is 1.93. The maximum absolute atomic E-state index is 13.5. The van der Waals surface area contributed by atoms with Crippen molar-refractivity contribution in [3.8, 4) is 0 Å². The number of hydrogen-bond donors (Lipinski definition) is 0. The smallest absolute Gasteiger partial charge is 0.282 e. The van der Waals surface area contributed by atoms with Crippen LogP contribution in [0.3, 0.4) is 0 Å². The molecule has 1 aliphatic carbocycles. The summed E-state index contributed by atoms with van der Waals surface area (Å²) in [5.41, 5.74) is 2.09. The van der Waals surface area contributed by atoms with E-state index < -0.39 is 20.9 Å². The van der Waals surface area contributed by atoms with E-state index in [-0.39, 0.29) is 22.1 Å². The van der Waals surface area contributed by atoms with Crippen molar-refractivity contribution in [1.29, 1.82) is 0 Å². The zero-order valence-corrected chi connectivity index (χ0v) is 20.8. The second-order valence-corrected chi connectivity index (χ2v) is 10.6. The van der Waals surface area contributed by atoms with Crippen LogP contribution >= 0.6 is 0 Å². The summed E-state index contributed by atoms with van der Waals surface area (Å²) in [5, 5.41) is 11.0. The molecular formula is C27H29N3O5S. The topological polar surface area (TPSA) is 110 Å². The first-order valence-corrected chi connectivity index (χ1v) is 13.5. The summed E-state index contributed by atoms with van der Waals surface area (Å²) >= 11 is 0. The van der Waals surface area contributed by atoms with Gasteiger partial charge in [-0.3, -0.25) is 14.9 Å². The number of Topliss-reactive ketones (excluding diaryl/α,β-unsaturated/α-hetero) is 1. The van der Waals surface area contributed by atoms with Crippen LogP contribution in [0.25, 0.3) is 0 Å². The number of nitro benzene ring substituents is 1. The van der Waals surface area contributed by atoms with Gasteiger partial charge in [-0.1, -0.05) is 36.4 Å². The second kappa shape index (κ2) is 11.0. The molecule has 0 radical (unpaired) electrons. The summed E-state index contributed by atoms with van der Waals surface area (Å²) < 4.78 is 31.3. The van der Waals surface area contributed by atoms with Gasteiger partial charge in [-0.15, -0.1) is 6.58 Å². The Morgan fingerprint density at radius 2 is 1.72 bits per heavy atom. The van der Waals surface area contributed by atoms with Crippen LogP contribution in [0.4, 0.5) is 5.69 Å². The number of sulfonamides is 1. The van der Waals surface area contributed by atoms with Crippen LogP contribution in [-0.2, 0) is 14.8 Å². The lowest BCUT2D eigenvalue weighted by atomic mass is 9.81. The maximum atomic E-state index is 13.5. The predicted octanol–water partition coefficient (Wildman–Crippen LogP) is 5.19. The van der Waals surface area contributed by atoms with Crippen LogP contribution in [0, 0.1) is 10.1 Å². The molecule has 2 aliphatic rings. The third kappa shape index (κ3) is 5.46. The van der Waals surface area contributed by atoms with Crippen molar-refractivity contribution in [1.82, 2.24) is 4.90 Å². The molecule has 2 aromatic carbocycles. The number of hydrogen-bond acceptors (Lipinski definition) is 6. The van der Waals surface area contributed by atoms with Gasteiger partial charge in [0.1, 0.15) is 0 Å². The number of nitrogens with zero attached hydrogens (tertiary/aromatic N) is 3. The van der Waals surface area contributed by atoms with Gasteiger partial charge in [0.25, 0.3) is 15.7 Å². The predicted molar refractivity (Wildman–Crippen MR) is 138 cm³/mol. The summed E-state index contributed by atoms with van der Waals surface area (Å²) in [6.45, 7) is 5.52. The van der Waals surface area contributed by atoms with Crippen LogP contribution in [0.2, 0.25) is 0 Å². The molecule has 9 heteroatoms. The summed E-state index contributed by atoms with van der Waals surface area (Å²) in [5.74, 6) is -0.600. The van der Waals surface area contributed by atoms with E-state index in [0.717, 1.165) is 49.3 Å². The summed E-state index contributed by atoms with van der Waals surface area (Å²) in [7, 11) is -4.27. The Hall–Kier alpha value is -3.59. The minimum atomic E-state index is -4.27. The monoisotopic (exact) mass is 507 g/mol. The third-order valence-corrected chi connectivity index (χ3v) is 7.93. The Labute approximate surface area is 211 Å². The lowest BCUT2D eigenvalue weighted by Crippen LogP contribution is -2.31. The average molecular weight is 508 g/mol. The molecule has 1 unspecified atom stereocenters. The fourth-order valence-electron chi connectivity index (χ4n) is 4.88. The Kier molecular flexibility index (Phi) is 7.79. The van der Waals surface area contributed by atoms with Gasteiger partial charge < -0.3 is 4.90 Å². The highest BCUT2D eigenvalue weighted by atomic mass is 32.2. The molecule has 4 rings (SSSR count). The van der Waals surface area contributed by atoms with Crippen LogP contribution in [0.15, 0.2) is 87.8 Å². The van der Waals surface area contributed by atoms with E-state index in [9.17, 15) is 23.3 Å². The van der Waals surface area contributed by atoms with Crippen molar-refractivity contribution in [3.63, 3.8) is 0 Å². The zero-order chi connectivity index (χ0) is 25.7. The van der Waals surface area contributed by atoms with Crippen molar-refractivity contribution in [2.75, 3.05) is 13.1 Å².